The number of hydrogen-bond acceptors (Lipinski definition) is 3. The van der Waals surface area contributed by atoms with Gasteiger partial charge in [0.2, 0.25) is 0 Å². The molecule has 4 atom stereocenters. The van der Waals surface area contributed by atoms with Crippen molar-refractivity contribution in [3.63, 3.8) is 0 Å². The minimum absolute atomic E-state index is 0.203. The molecule has 1 heterocycles. The molecule has 3 nitrogen and oxygen atoms in total. The lowest BCUT2D eigenvalue weighted by molar-refractivity contribution is -0.0803. The van der Waals surface area contributed by atoms with Gasteiger partial charge < -0.3 is 14.6 Å². The first-order chi connectivity index (χ1) is 9.54. The minimum atomic E-state index is -0.430. The van der Waals surface area contributed by atoms with E-state index in [0.717, 1.165) is 29.4 Å². The SMILES string of the molecule is COc1ccc2c(c1)OC1(CCC(C)CC1C)C[C@@H]2O. The van der Waals surface area contributed by atoms with E-state index in [4.69, 9.17) is 9.47 Å². The zero-order chi connectivity index (χ0) is 14.3. The highest BCUT2D eigenvalue weighted by Gasteiger charge is 2.47. The minimum Gasteiger partial charge on any atom is -0.497 e. The average molecular weight is 276 g/mol. The Morgan fingerprint density at radius 2 is 2.15 bits per heavy atom. The van der Waals surface area contributed by atoms with Crippen molar-refractivity contribution in [2.45, 2.75) is 51.2 Å². The van der Waals surface area contributed by atoms with E-state index < -0.39 is 6.10 Å². The fraction of sp³-hybridized carbons (Fsp3) is 0.647. The Bertz CT molecular complexity index is 499. The van der Waals surface area contributed by atoms with Crippen molar-refractivity contribution in [1.29, 1.82) is 0 Å². The van der Waals surface area contributed by atoms with E-state index in [1.165, 1.54) is 12.8 Å². The van der Waals surface area contributed by atoms with E-state index in [2.05, 4.69) is 13.8 Å². The molecule has 20 heavy (non-hydrogen) atoms. The molecule has 1 spiro atoms. The van der Waals surface area contributed by atoms with Crippen molar-refractivity contribution in [1.82, 2.24) is 0 Å². The van der Waals surface area contributed by atoms with Crippen LogP contribution in [0.1, 0.15) is 51.2 Å². The summed E-state index contributed by atoms with van der Waals surface area (Å²) in [5.74, 6) is 2.80. The van der Waals surface area contributed by atoms with Gasteiger partial charge in [0.25, 0.3) is 0 Å². The number of benzene rings is 1. The molecule has 1 aliphatic heterocycles. The molecule has 1 aromatic carbocycles. The molecule has 3 rings (SSSR count). The van der Waals surface area contributed by atoms with Crippen LogP contribution in [0.2, 0.25) is 0 Å². The molecule has 0 aromatic heterocycles. The zero-order valence-corrected chi connectivity index (χ0v) is 12.6. The Labute approximate surface area is 120 Å². The molecule has 1 aromatic rings. The first-order valence-electron chi connectivity index (χ1n) is 7.59. The number of hydrogen-bond donors (Lipinski definition) is 1. The third kappa shape index (κ3) is 2.18. The van der Waals surface area contributed by atoms with E-state index in [-0.39, 0.29) is 5.60 Å². The molecule has 2 aliphatic rings. The van der Waals surface area contributed by atoms with E-state index in [0.29, 0.717) is 12.3 Å². The standard InChI is InChI=1S/C17H24O3/c1-11-6-7-17(12(2)8-11)10-15(18)14-5-4-13(19-3)9-16(14)20-17/h4-5,9,11-12,15,18H,6-8,10H2,1-3H3/t11?,12?,15-,17?/m0/s1. The quantitative estimate of drug-likeness (QED) is 0.850. The second kappa shape index (κ2) is 4.96. The lowest BCUT2D eigenvalue weighted by Gasteiger charge is -2.48. The van der Waals surface area contributed by atoms with Crippen LogP contribution >= 0.6 is 0 Å². The van der Waals surface area contributed by atoms with E-state index in [9.17, 15) is 5.11 Å². The lowest BCUT2D eigenvalue weighted by atomic mass is 9.68. The van der Waals surface area contributed by atoms with Gasteiger partial charge in [-0.2, -0.15) is 0 Å². The van der Waals surface area contributed by atoms with Crippen molar-refractivity contribution < 1.29 is 14.6 Å². The molecular formula is C17H24O3. The topological polar surface area (TPSA) is 38.7 Å². The summed E-state index contributed by atoms with van der Waals surface area (Å²) in [4.78, 5) is 0. The van der Waals surface area contributed by atoms with Crippen LogP contribution in [-0.2, 0) is 0 Å². The molecule has 0 radical (unpaired) electrons. The number of fused-ring (bicyclic) bond motifs is 1. The maximum absolute atomic E-state index is 10.5. The third-order valence-corrected chi connectivity index (χ3v) is 5.15. The molecule has 1 aliphatic carbocycles. The van der Waals surface area contributed by atoms with Crippen LogP contribution in [-0.4, -0.2) is 17.8 Å². The van der Waals surface area contributed by atoms with E-state index >= 15 is 0 Å². The van der Waals surface area contributed by atoms with Gasteiger partial charge in [0.05, 0.1) is 13.2 Å². The van der Waals surface area contributed by atoms with Crippen LogP contribution in [0.25, 0.3) is 0 Å². The Balaban J connectivity index is 1.94. The van der Waals surface area contributed by atoms with Crippen LogP contribution in [0, 0.1) is 11.8 Å². The van der Waals surface area contributed by atoms with Crippen molar-refractivity contribution >= 4 is 0 Å². The summed E-state index contributed by atoms with van der Waals surface area (Å²) >= 11 is 0. The highest BCUT2D eigenvalue weighted by Crippen LogP contribution is 2.50. The maximum Gasteiger partial charge on any atom is 0.129 e. The number of rotatable bonds is 1. The number of ether oxygens (including phenoxy) is 2. The van der Waals surface area contributed by atoms with Crippen molar-refractivity contribution in [3.05, 3.63) is 23.8 Å². The summed E-state index contributed by atoms with van der Waals surface area (Å²) in [6, 6.07) is 5.71. The third-order valence-electron chi connectivity index (χ3n) is 5.15. The molecule has 110 valence electrons. The second-order valence-corrected chi connectivity index (χ2v) is 6.57. The highest BCUT2D eigenvalue weighted by molar-refractivity contribution is 5.44. The monoisotopic (exact) mass is 276 g/mol. The van der Waals surface area contributed by atoms with E-state index in [1.807, 2.05) is 18.2 Å². The lowest BCUT2D eigenvalue weighted by Crippen LogP contribution is -2.49. The van der Waals surface area contributed by atoms with Crippen LogP contribution in [0.3, 0.4) is 0 Å². The highest BCUT2D eigenvalue weighted by atomic mass is 16.5. The summed E-state index contributed by atoms with van der Waals surface area (Å²) in [5.41, 5.74) is 0.688. The van der Waals surface area contributed by atoms with Crippen LogP contribution < -0.4 is 9.47 Å². The summed E-state index contributed by atoms with van der Waals surface area (Å²) in [7, 11) is 1.65. The van der Waals surface area contributed by atoms with Gasteiger partial charge in [0.1, 0.15) is 17.1 Å². The summed E-state index contributed by atoms with van der Waals surface area (Å²) in [5, 5.41) is 10.5. The average Bonchev–Trinajstić information content (AvgIpc) is 2.43. The smallest absolute Gasteiger partial charge is 0.129 e. The van der Waals surface area contributed by atoms with Gasteiger partial charge in [-0.05, 0) is 43.2 Å². The maximum atomic E-state index is 10.5. The molecule has 3 unspecified atom stereocenters. The summed E-state index contributed by atoms with van der Waals surface area (Å²) in [6.07, 6.45) is 3.66. The molecular weight excluding hydrogens is 252 g/mol. The number of aliphatic hydroxyl groups excluding tert-OH is 1. The first kappa shape index (κ1) is 13.7. The molecule has 3 heteroatoms. The summed E-state index contributed by atoms with van der Waals surface area (Å²) < 4.78 is 11.7. The van der Waals surface area contributed by atoms with Crippen LogP contribution in [0.15, 0.2) is 18.2 Å². The van der Waals surface area contributed by atoms with Gasteiger partial charge in [0.15, 0.2) is 0 Å². The molecule has 1 saturated carbocycles. The van der Waals surface area contributed by atoms with Gasteiger partial charge in [-0.15, -0.1) is 0 Å². The Morgan fingerprint density at radius 3 is 2.85 bits per heavy atom. The number of aliphatic hydroxyl groups is 1. The van der Waals surface area contributed by atoms with Gasteiger partial charge in [-0.25, -0.2) is 0 Å². The van der Waals surface area contributed by atoms with Gasteiger partial charge in [-0.1, -0.05) is 13.8 Å². The van der Waals surface area contributed by atoms with Crippen LogP contribution in [0.5, 0.6) is 11.5 Å². The predicted molar refractivity (Wildman–Crippen MR) is 78.1 cm³/mol. The Morgan fingerprint density at radius 1 is 1.35 bits per heavy atom. The predicted octanol–water partition coefficient (Wildman–Crippen LogP) is 3.71. The molecule has 0 saturated heterocycles. The largest absolute Gasteiger partial charge is 0.497 e. The normalized spacial score (nSPS) is 36.3. The molecule has 1 N–H and O–H groups in total. The first-order valence-corrected chi connectivity index (χ1v) is 7.59. The van der Waals surface area contributed by atoms with E-state index in [1.54, 1.807) is 7.11 Å². The Hall–Kier alpha value is -1.22. The van der Waals surface area contributed by atoms with Crippen molar-refractivity contribution in [2.75, 3.05) is 7.11 Å². The van der Waals surface area contributed by atoms with Crippen molar-refractivity contribution in [3.8, 4) is 11.5 Å². The fourth-order valence-electron chi connectivity index (χ4n) is 3.83. The second-order valence-electron chi connectivity index (χ2n) is 6.57. The summed E-state index contributed by atoms with van der Waals surface area (Å²) in [6.45, 7) is 4.56. The fourth-order valence-corrected chi connectivity index (χ4v) is 3.83. The van der Waals surface area contributed by atoms with Crippen molar-refractivity contribution in [2.24, 2.45) is 11.8 Å². The van der Waals surface area contributed by atoms with Gasteiger partial charge in [0, 0.05) is 18.1 Å². The number of methoxy groups -OCH3 is 1. The Kier molecular flexibility index (Phi) is 3.41. The van der Waals surface area contributed by atoms with Crippen LogP contribution in [0.4, 0.5) is 0 Å². The molecule has 1 fully saturated rings. The zero-order valence-electron chi connectivity index (χ0n) is 12.6. The molecule has 0 amide bonds. The van der Waals surface area contributed by atoms with Gasteiger partial charge in [-0.3, -0.25) is 0 Å². The van der Waals surface area contributed by atoms with Gasteiger partial charge >= 0.3 is 0 Å². The molecule has 0 bridgehead atoms.